The Morgan fingerprint density at radius 2 is 1.61 bits per heavy atom. The maximum absolute atomic E-state index is 12.8. The van der Waals surface area contributed by atoms with E-state index in [9.17, 15) is 9.59 Å². The topological polar surface area (TPSA) is 52.7 Å². The molecule has 4 rings (SSSR count). The fraction of sp³-hybridized carbons (Fsp3) is 0.273. The summed E-state index contributed by atoms with van der Waals surface area (Å²) in [5.41, 5.74) is 7.93. The van der Waals surface area contributed by atoms with E-state index in [1.165, 1.54) is 29.1 Å². The molecule has 5 nitrogen and oxygen atoms in total. The molecule has 28 heavy (non-hydrogen) atoms. The van der Waals surface area contributed by atoms with Crippen LogP contribution in [0.2, 0.25) is 0 Å². The van der Waals surface area contributed by atoms with E-state index in [0.29, 0.717) is 5.69 Å². The zero-order chi connectivity index (χ0) is 19.0. The van der Waals surface area contributed by atoms with Gasteiger partial charge in [0.2, 0.25) is 0 Å². The van der Waals surface area contributed by atoms with Crippen molar-refractivity contribution in [3.05, 3.63) is 64.7 Å². The van der Waals surface area contributed by atoms with Gasteiger partial charge in [0.25, 0.3) is 11.8 Å². The van der Waals surface area contributed by atoms with Crippen molar-refractivity contribution in [3.63, 3.8) is 0 Å². The number of hydrogen-bond acceptors (Lipinski definition) is 3. The van der Waals surface area contributed by atoms with Gasteiger partial charge in [-0.25, -0.2) is 5.01 Å². The third kappa shape index (κ3) is 3.50. The van der Waals surface area contributed by atoms with Crippen LogP contribution in [-0.4, -0.2) is 24.9 Å². The summed E-state index contributed by atoms with van der Waals surface area (Å²) in [5, 5.41) is 1.30. The van der Waals surface area contributed by atoms with E-state index in [1.54, 1.807) is 18.2 Å². The Kier molecular flexibility index (Phi) is 5.75. The van der Waals surface area contributed by atoms with Crippen LogP contribution >= 0.6 is 12.4 Å². The van der Waals surface area contributed by atoms with Crippen molar-refractivity contribution in [2.75, 3.05) is 23.0 Å². The van der Waals surface area contributed by atoms with Crippen LogP contribution in [0.1, 0.15) is 29.5 Å². The molecule has 146 valence electrons. The van der Waals surface area contributed by atoms with Crippen LogP contribution in [0.25, 0.3) is 6.08 Å². The number of hydrogen-bond donors (Lipinski definition) is 1. The van der Waals surface area contributed by atoms with Crippen molar-refractivity contribution >= 4 is 41.7 Å². The summed E-state index contributed by atoms with van der Waals surface area (Å²) in [6, 6.07) is 13.2. The summed E-state index contributed by atoms with van der Waals surface area (Å²) < 4.78 is 0. The number of carbonyl (C=O) groups excluding carboxylic acids is 2. The van der Waals surface area contributed by atoms with Gasteiger partial charge >= 0.3 is 0 Å². The quantitative estimate of drug-likeness (QED) is 0.633. The SMILES string of the molecule is Cc1c(/C=C2/C(=O)NN(c3ccccc3)C2=O)ccc(N2CCCC2)c1C.Cl. The van der Waals surface area contributed by atoms with Gasteiger partial charge in [-0.3, -0.25) is 15.0 Å². The number of nitrogens with one attached hydrogen (secondary N) is 1. The highest BCUT2D eigenvalue weighted by atomic mass is 35.5. The molecule has 6 heteroatoms. The van der Waals surface area contributed by atoms with E-state index in [0.717, 1.165) is 24.2 Å². The van der Waals surface area contributed by atoms with Gasteiger partial charge in [-0.2, -0.15) is 0 Å². The molecule has 0 aromatic heterocycles. The molecule has 0 aliphatic carbocycles. The van der Waals surface area contributed by atoms with Gasteiger partial charge < -0.3 is 4.90 Å². The number of hydrazine groups is 1. The first-order valence-electron chi connectivity index (χ1n) is 9.33. The number of halogens is 1. The minimum Gasteiger partial charge on any atom is -0.371 e. The van der Waals surface area contributed by atoms with Crippen molar-refractivity contribution < 1.29 is 9.59 Å². The van der Waals surface area contributed by atoms with Crippen LogP contribution in [0, 0.1) is 13.8 Å². The molecule has 0 spiro atoms. The Balaban J connectivity index is 0.00000225. The van der Waals surface area contributed by atoms with E-state index in [4.69, 9.17) is 0 Å². The predicted octanol–water partition coefficient (Wildman–Crippen LogP) is 3.79. The number of benzene rings is 2. The summed E-state index contributed by atoms with van der Waals surface area (Å²) in [7, 11) is 0. The minimum absolute atomic E-state index is 0. The van der Waals surface area contributed by atoms with Crippen molar-refractivity contribution in [1.29, 1.82) is 0 Å². The summed E-state index contributed by atoms with van der Waals surface area (Å²) in [6.45, 7) is 6.34. The van der Waals surface area contributed by atoms with Crippen LogP contribution in [-0.2, 0) is 9.59 Å². The van der Waals surface area contributed by atoms with Gasteiger partial charge in [0, 0.05) is 18.8 Å². The van der Waals surface area contributed by atoms with E-state index >= 15 is 0 Å². The minimum atomic E-state index is -0.371. The zero-order valence-corrected chi connectivity index (χ0v) is 16.9. The Hall–Kier alpha value is -2.79. The van der Waals surface area contributed by atoms with E-state index in [-0.39, 0.29) is 29.8 Å². The number of para-hydroxylation sites is 1. The molecule has 2 aromatic carbocycles. The van der Waals surface area contributed by atoms with E-state index < -0.39 is 0 Å². The number of anilines is 2. The fourth-order valence-corrected chi connectivity index (χ4v) is 3.76. The molecule has 2 fully saturated rings. The summed E-state index contributed by atoms with van der Waals surface area (Å²) in [4.78, 5) is 27.6. The predicted molar refractivity (Wildman–Crippen MR) is 115 cm³/mol. The number of rotatable bonds is 3. The molecule has 2 saturated heterocycles. The normalized spacial score (nSPS) is 17.9. The Morgan fingerprint density at radius 3 is 2.29 bits per heavy atom. The molecule has 2 aliphatic heterocycles. The smallest absolute Gasteiger partial charge is 0.282 e. The molecule has 0 radical (unpaired) electrons. The second-order valence-corrected chi connectivity index (χ2v) is 7.09. The third-order valence-electron chi connectivity index (χ3n) is 5.45. The Bertz CT molecular complexity index is 934. The first-order chi connectivity index (χ1) is 13.1. The highest BCUT2D eigenvalue weighted by Crippen LogP contribution is 2.30. The lowest BCUT2D eigenvalue weighted by atomic mass is 9.98. The van der Waals surface area contributed by atoms with Crippen molar-refractivity contribution in [2.45, 2.75) is 26.7 Å². The Morgan fingerprint density at radius 1 is 0.929 bits per heavy atom. The molecule has 2 aliphatic rings. The standard InChI is InChI=1S/C22H23N3O2.ClH/c1-15-16(2)20(24-12-6-7-13-24)11-10-17(15)14-19-21(26)23-25(22(19)27)18-8-4-3-5-9-18;/h3-5,8-11,14H,6-7,12-13H2,1-2H3,(H,23,26);1H/b19-14-;. The second kappa shape index (κ2) is 8.07. The maximum Gasteiger partial charge on any atom is 0.282 e. The lowest BCUT2D eigenvalue weighted by Crippen LogP contribution is -2.35. The molecule has 0 atom stereocenters. The van der Waals surface area contributed by atoms with Gasteiger partial charge in [-0.1, -0.05) is 24.3 Å². The third-order valence-corrected chi connectivity index (χ3v) is 5.45. The monoisotopic (exact) mass is 397 g/mol. The van der Waals surface area contributed by atoms with Gasteiger partial charge in [-0.15, -0.1) is 12.4 Å². The molecular weight excluding hydrogens is 374 g/mol. The second-order valence-electron chi connectivity index (χ2n) is 7.09. The molecule has 2 amide bonds. The van der Waals surface area contributed by atoms with Crippen LogP contribution in [0.3, 0.4) is 0 Å². The maximum atomic E-state index is 12.8. The summed E-state index contributed by atoms with van der Waals surface area (Å²) in [6.07, 6.45) is 4.17. The lowest BCUT2D eigenvalue weighted by Gasteiger charge is -2.22. The van der Waals surface area contributed by atoms with Crippen LogP contribution in [0.5, 0.6) is 0 Å². The van der Waals surface area contributed by atoms with Crippen LogP contribution in [0.15, 0.2) is 48.0 Å². The van der Waals surface area contributed by atoms with Gasteiger partial charge in [0.1, 0.15) is 5.57 Å². The first-order valence-corrected chi connectivity index (χ1v) is 9.33. The summed E-state index contributed by atoms with van der Waals surface area (Å²) >= 11 is 0. The number of carbonyl (C=O) groups is 2. The molecular formula is C22H24ClN3O2. The van der Waals surface area contributed by atoms with Crippen LogP contribution < -0.4 is 15.3 Å². The van der Waals surface area contributed by atoms with E-state index in [2.05, 4.69) is 23.3 Å². The average molecular weight is 398 g/mol. The van der Waals surface area contributed by atoms with Gasteiger partial charge in [0.05, 0.1) is 5.69 Å². The average Bonchev–Trinajstić information content (AvgIpc) is 3.30. The first kappa shape index (κ1) is 20.0. The molecule has 2 aromatic rings. The number of nitrogens with zero attached hydrogens (tertiary/aromatic N) is 2. The van der Waals surface area contributed by atoms with Crippen molar-refractivity contribution in [3.8, 4) is 0 Å². The molecule has 0 saturated carbocycles. The fourth-order valence-electron chi connectivity index (χ4n) is 3.76. The van der Waals surface area contributed by atoms with Crippen molar-refractivity contribution in [2.24, 2.45) is 0 Å². The van der Waals surface area contributed by atoms with Gasteiger partial charge in [-0.05, 0) is 67.7 Å². The van der Waals surface area contributed by atoms with Crippen molar-refractivity contribution in [1.82, 2.24) is 5.43 Å². The Labute approximate surface area is 171 Å². The molecule has 0 unspecified atom stereocenters. The van der Waals surface area contributed by atoms with Gasteiger partial charge in [0.15, 0.2) is 0 Å². The highest BCUT2D eigenvalue weighted by molar-refractivity contribution is 6.31. The van der Waals surface area contributed by atoms with E-state index in [1.807, 2.05) is 31.2 Å². The van der Waals surface area contributed by atoms with Crippen LogP contribution in [0.4, 0.5) is 11.4 Å². The lowest BCUT2D eigenvalue weighted by molar-refractivity contribution is -0.117. The molecule has 2 heterocycles. The summed E-state index contributed by atoms with van der Waals surface area (Å²) in [5.74, 6) is -0.698. The highest BCUT2D eigenvalue weighted by Gasteiger charge is 2.34. The molecule has 1 N–H and O–H groups in total. The largest absolute Gasteiger partial charge is 0.371 e. The zero-order valence-electron chi connectivity index (χ0n) is 16.1. The number of amides is 2. The molecule has 0 bridgehead atoms.